The van der Waals surface area contributed by atoms with E-state index in [-0.39, 0.29) is 0 Å². The van der Waals surface area contributed by atoms with Gasteiger partial charge in [0.1, 0.15) is 5.75 Å². The summed E-state index contributed by atoms with van der Waals surface area (Å²) in [5.74, 6) is 1.30. The first-order valence-electron chi connectivity index (χ1n) is 6.88. The Morgan fingerprint density at radius 2 is 2.15 bits per heavy atom. The highest BCUT2D eigenvalue weighted by Gasteiger charge is 2.24. The van der Waals surface area contributed by atoms with E-state index >= 15 is 0 Å². The first kappa shape index (κ1) is 15.3. The predicted molar refractivity (Wildman–Crippen MR) is 78.1 cm³/mol. The molecular formula is C14H22BNO4. The first-order chi connectivity index (χ1) is 9.63. The zero-order valence-corrected chi connectivity index (χ0v) is 12.1. The molecule has 0 spiro atoms. The van der Waals surface area contributed by atoms with E-state index in [9.17, 15) is 10.0 Å². The molecule has 0 saturated carbocycles. The molecule has 1 heterocycles. The van der Waals surface area contributed by atoms with Crippen molar-refractivity contribution in [1.29, 1.82) is 0 Å². The van der Waals surface area contributed by atoms with Gasteiger partial charge in [0.05, 0.1) is 13.7 Å². The van der Waals surface area contributed by atoms with Gasteiger partial charge in [-0.05, 0) is 42.0 Å². The molecule has 1 fully saturated rings. The Balaban J connectivity index is 2.08. The van der Waals surface area contributed by atoms with E-state index in [1.165, 1.54) is 0 Å². The molecule has 1 aromatic rings. The van der Waals surface area contributed by atoms with Gasteiger partial charge in [0.25, 0.3) is 0 Å². The van der Waals surface area contributed by atoms with Crippen molar-refractivity contribution < 1.29 is 19.5 Å². The van der Waals surface area contributed by atoms with Gasteiger partial charge >= 0.3 is 7.12 Å². The Morgan fingerprint density at radius 1 is 1.35 bits per heavy atom. The van der Waals surface area contributed by atoms with Gasteiger partial charge in [-0.15, -0.1) is 0 Å². The maximum absolute atomic E-state index is 9.45. The Labute approximate surface area is 120 Å². The topological polar surface area (TPSA) is 62.2 Å². The van der Waals surface area contributed by atoms with Crippen LogP contribution in [0.15, 0.2) is 18.2 Å². The third-order valence-electron chi connectivity index (χ3n) is 3.79. The minimum atomic E-state index is -1.45. The van der Waals surface area contributed by atoms with Crippen molar-refractivity contribution in [2.45, 2.75) is 13.0 Å². The summed E-state index contributed by atoms with van der Waals surface area (Å²) in [7, 11) is 1.89. The van der Waals surface area contributed by atoms with Crippen molar-refractivity contribution in [2.24, 2.45) is 5.92 Å². The first-order valence-corrected chi connectivity index (χ1v) is 6.88. The summed E-state index contributed by atoms with van der Waals surface area (Å²) in [6.45, 7) is 3.46. The highest BCUT2D eigenvalue weighted by atomic mass is 16.5. The Morgan fingerprint density at radius 3 is 2.80 bits per heavy atom. The van der Waals surface area contributed by atoms with Crippen LogP contribution in [0.1, 0.15) is 12.0 Å². The lowest BCUT2D eigenvalue weighted by atomic mass is 9.77. The minimum Gasteiger partial charge on any atom is -0.497 e. The maximum Gasteiger partial charge on any atom is 0.488 e. The summed E-state index contributed by atoms with van der Waals surface area (Å²) in [5.41, 5.74) is 1.44. The fourth-order valence-electron chi connectivity index (χ4n) is 2.77. The Hall–Kier alpha value is -1.08. The molecule has 0 bridgehead atoms. The molecular weight excluding hydrogens is 257 g/mol. The molecule has 1 saturated heterocycles. The average Bonchev–Trinajstić information content (AvgIpc) is 2.86. The van der Waals surface area contributed by atoms with Crippen LogP contribution in [0.5, 0.6) is 5.75 Å². The molecule has 0 aliphatic carbocycles. The fourth-order valence-corrected chi connectivity index (χ4v) is 2.77. The maximum atomic E-state index is 9.45. The van der Waals surface area contributed by atoms with Crippen LogP contribution in [0, 0.1) is 5.92 Å². The van der Waals surface area contributed by atoms with Crippen molar-refractivity contribution in [3.8, 4) is 5.75 Å². The van der Waals surface area contributed by atoms with E-state index in [0.717, 1.165) is 37.4 Å². The summed E-state index contributed by atoms with van der Waals surface area (Å²) >= 11 is 0. The normalized spacial score (nSPS) is 19.3. The van der Waals surface area contributed by atoms with E-state index < -0.39 is 7.12 Å². The summed E-state index contributed by atoms with van der Waals surface area (Å²) in [6.07, 6.45) is 1.12. The fraction of sp³-hybridized carbons (Fsp3) is 0.571. The van der Waals surface area contributed by atoms with Gasteiger partial charge in [-0.25, -0.2) is 0 Å². The van der Waals surface area contributed by atoms with E-state index in [0.29, 0.717) is 17.9 Å². The van der Waals surface area contributed by atoms with E-state index in [1.807, 2.05) is 6.07 Å². The summed E-state index contributed by atoms with van der Waals surface area (Å²) in [5, 5.41) is 18.9. The quantitative estimate of drug-likeness (QED) is 0.709. The van der Waals surface area contributed by atoms with E-state index in [2.05, 4.69) is 4.90 Å². The van der Waals surface area contributed by atoms with Crippen molar-refractivity contribution in [1.82, 2.24) is 4.90 Å². The molecule has 0 amide bonds. The number of benzene rings is 1. The Kier molecular flexibility index (Phi) is 5.42. The Bertz CT molecular complexity index is 441. The molecule has 110 valence electrons. The number of rotatable bonds is 6. The van der Waals surface area contributed by atoms with Crippen molar-refractivity contribution in [2.75, 3.05) is 33.9 Å². The van der Waals surface area contributed by atoms with E-state index in [4.69, 9.17) is 9.47 Å². The third kappa shape index (κ3) is 3.73. The van der Waals surface area contributed by atoms with Gasteiger partial charge in [-0.3, -0.25) is 4.90 Å². The number of hydrogen-bond acceptors (Lipinski definition) is 5. The monoisotopic (exact) mass is 279 g/mol. The van der Waals surface area contributed by atoms with Crippen LogP contribution in [0.2, 0.25) is 0 Å². The molecule has 2 N–H and O–H groups in total. The number of hydrogen-bond donors (Lipinski definition) is 2. The summed E-state index contributed by atoms with van der Waals surface area (Å²) < 4.78 is 10.4. The standard InChI is InChI=1S/C14H22BNO4/c1-19-10-11-5-6-16(8-11)9-12-7-13(20-2)3-4-14(12)15(17)18/h3-4,7,11,17-18H,5-6,8-10H2,1-2H3. The molecule has 1 unspecified atom stereocenters. The van der Waals surface area contributed by atoms with Crippen LogP contribution in [-0.2, 0) is 11.3 Å². The minimum absolute atomic E-state index is 0.543. The van der Waals surface area contributed by atoms with Crippen molar-refractivity contribution in [3.63, 3.8) is 0 Å². The number of ether oxygens (including phenoxy) is 2. The van der Waals surface area contributed by atoms with Gasteiger partial charge in [0.15, 0.2) is 0 Å². The van der Waals surface area contributed by atoms with Crippen LogP contribution < -0.4 is 10.2 Å². The molecule has 0 aromatic heterocycles. The molecule has 2 rings (SSSR count). The van der Waals surface area contributed by atoms with Gasteiger partial charge in [-0.1, -0.05) is 6.07 Å². The lowest BCUT2D eigenvalue weighted by Crippen LogP contribution is -2.35. The molecule has 1 aliphatic heterocycles. The highest BCUT2D eigenvalue weighted by Crippen LogP contribution is 2.20. The predicted octanol–water partition coefficient (Wildman–Crippen LogP) is -0.157. The van der Waals surface area contributed by atoms with Gasteiger partial charge in [0.2, 0.25) is 0 Å². The molecule has 0 radical (unpaired) electrons. The lowest BCUT2D eigenvalue weighted by molar-refractivity contribution is 0.152. The molecule has 1 atom stereocenters. The zero-order valence-electron chi connectivity index (χ0n) is 12.1. The molecule has 20 heavy (non-hydrogen) atoms. The second-order valence-electron chi connectivity index (χ2n) is 5.28. The SMILES string of the molecule is COCC1CCN(Cc2cc(OC)ccc2B(O)O)C1. The molecule has 1 aromatic carbocycles. The van der Waals surface area contributed by atoms with Crippen molar-refractivity contribution in [3.05, 3.63) is 23.8 Å². The smallest absolute Gasteiger partial charge is 0.488 e. The second-order valence-corrected chi connectivity index (χ2v) is 5.28. The molecule has 5 nitrogen and oxygen atoms in total. The average molecular weight is 279 g/mol. The third-order valence-corrected chi connectivity index (χ3v) is 3.79. The van der Waals surface area contributed by atoms with Crippen LogP contribution in [-0.4, -0.2) is 56.0 Å². The number of likely N-dealkylation sites (tertiary alicyclic amines) is 1. The number of methoxy groups -OCH3 is 2. The van der Waals surface area contributed by atoms with Gasteiger partial charge < -0.3 is 19.5 Å². The van der Waals surface area contributed by atoms with Crippen LogP contribution in [0.25, 0.3) is 0 Å². The zero-order chi connectivity index (χ0) is 14.5. The summed E-state index contributed by atoms with van der Waals surface area (Å²) in [6, 6.07) is 5.33. The van der Waals surface area contributed by atoms with Crippen LogP contribution in [0.3, 0.4) is 0 Å². The largest absolute Gasteiger partial charge is 0.497 e. The van der Waals surface area contributed by atoms with Crippen molar-refractivity contribution >= 4 is 12.6 Å². The summed E-state index contributed by atoms with van der Waals surface area (Å²) in [4.78, 5) is 2.31. The highest BCUT2D eigenvalue weighted by molar-refractivity contribution is 6.59. The number of nitrogens with zero attached hydrogens (tertiary/aromatic N) is 1. The second kappa shape index (κ2) is 7.08. The molecule has 1 aliphatic rings. The lowest BCUT2D eigenvalue weighted by Gasteiger charge is -2.19. The van der Waals surface area contributed by atoms with Gasteiger partial charge in [0, 0.05) is 20.2 Å². The van der Waals surface area contributed by atoms with Crippen LogP contribution >= 0.6 is 0 Å². The van der Waals surface area contributed by atoms with E-state index in [1.54, 1.807) is 26.4 Å². The molecule has 6 heteroatoms. The van der Waals surface area contributed by atoms with Crippen LogP contribution in [0.4, 0.5) is 0 Å². The van der Waals surface area contributed by atoms with Gasteiger partial charge in [-0.2, -0.15) is 0 Å².